The van der Waals surface area contributed by atoms with Gasteiger partial charge in [0.15, 0.2) is 0 Å². The second-order valence-corrected chi connectivity index (χ2v) is 2.27. The van der Waals surface area contributed by atoms with Crippen LogP contribution in [0.4, 0.5) is 12.9 Å². The summed E-state index contributed by atoms with van der Waals surface area (Å²) < 4.78 is 36.2. The molecule has 0 N–H and O–H groups in total. The molecule has 0 aliphatic carbocycles. The molecule has 0 fully saturated rings. The van der Waals surface area contributed by atoms with Crippen molar-refractivity contribution in [3.05, 3.63) is 11.9 Å². The molecule has 62 valence electrons. The van der Waals surface area contributed by atoms with Gasteiger partial charge in [0.25, 0.3) is 0 Å². The summed E-state index contributed by atoms with van der Waals surface area (Å²) in [6.45, 7) is -3.28. The number of hydrogen-bond acceptors (Lipinski definition) is 2. The topological polar surface area (TPSA) is 30.7 Å². The molecular weight excluding hydrogens is 197 g/mol. The van der Waals surface area contributed by atoms with Crippen molar-refractivity contribution in [2.45, 2.75) is 13.4 Å². The molecule has 3 nitrogen and oxygen atoms in total. The van der Waals surface area contributed by atoms with Crippen molar-refractivity contribution >= 4 is 6.98 Å². The van der Waals surface area contributed by atoms with Gasteiger partial charge in [0.2, 0.25) is 0 Å². The van der Waals surface area contributed by atoms with Crippen molar-refractivity contribution in [1.82, 2.24) is 15.0 Å². The Balaban J connectivity index is 0.00000121. The molecule has 0 saturated heterocycles. The molecule has 1 heterocycles. The minimum atomic E-state index is -4.81. The summed E-state index contributed by atoms with van der Waals surface area (Å²) in [5.74, 6) is 0. The summed E-state index contributed by atoms with van der Waals surface area (Å²) in [6, 6.07) is 0. The number of hydrogen-bond donors (Lipinski definition) is 0. The Morgan fingerprint density at radius 3 is 2.42 bits per heavy atom. The predicted octanol–water partition coefficient (Wildman–Crippen LogP) is -2.02. The van der Waals surface area contributed by atoms with Crippen molar-refractivity contribution in [2.24, 2.45) is 0 Å². The van der Waals surface area contributed by atoms with Crippen LogP contribution in [0.3, 0.4) is 0 Å². The fourth-order valence-corrected chi connectivity index (χ4v) is 0.685. The van der Waals surface area contributed by atoms with E-state index in [2.05, 4.69) is 10.3 Å². The summed E-state index contributed by atoms with van der Waals surface area (Å²) in [5.41, 5.74) is 0.421. The summed E-state index contributed by atoms with van der Waals surface area (Å²) in [4.78, 5) is 0. The fraction of sp³-hybridized carbons (Fsp3) is 0.500. The fourth-order valence-electron chi connectivity index (χ4n) is 0.685. The number of aryl methyl sites for hydroxylation is 1. The van der Waals surface area contributed by atoms with E-state index in [9.17, 15) is 12.9 Å². The van der Waals surface area contributed by atoms with Crippen LogP contribution < -0.4 is 51.4 Å². The van der Waals surface area contributed by atoms with E-state index in [1.807, 2.05) is 0 Å². The first-order valence-electron chi connectivity index (χ1n) is 3.05. The Morgan fingerprint density at radius 1 is 1.50 bits per heavy atom. The SMILES string of the molecule is Cc1cnnn1C[B-](F)(F)F.[K+]. The smallest absolute Gasteiger partial charge is 0.448 e. The van der Waals surface area contributed by atoms with E-state index in [4.69, 9.17) is 0 Å². The Labute approximate surface area is 110 Å². The average Bonchev–Trinajstić information content (AvgIpc) is 2.12. The zero-order valence-corrected chi connectivity index (χ0v) is 9.96. The number of nitrogens with zero attached hydrogens (tertiary/aromatic N) is 3. The second kappa shape index (κ2) is 4.75. The molecule has 0 amide bonds. The van der Waals surface area contributed by atoms with Crippen LogP contribution >= 0.6 is 0 Å². The molecule has 0 spiro atoms. The van der Waals surface area contributed by atoms with Crippen LogP contribution in [0.5, 0.6) is 0 Å². The molecule has 8 heteroatoms. The average molecular weight is 203 g/mol. The number of aromatic nitrogens is 3. The number of halogens is 3. The molecule has 12 heavy (non-hydrogen) atoms. The van der Waals surface area contributed by atoms with Gasteiger partial charge in [-0.2, -0.15) is 0 Å². The zero-order valence-electron chi connectivity index (χ0n) is 6.84. The van der Waals surface area contributed by atoms with E-state index in [1.165, 1.54) is 13.1 Å². The van der Waals surface area contributed by atoms with Gasteiger partial charge in [-0.3, -0.25) is 4.68 Å². The van der Waals surface area contributed by atoms with Crippen LogP contribution in [-0.4, -0.2) is 22.0 Å². The summed E-state index contributed by atoms with van der Waals surface area (Å²) in [7, 11) is 0. The Kier molecular flexibility index (Phi) is 5.00. The third-order valence-electron chi connectivity index (χ3n) is 1.19. The van der Waals surface area contributed by atoms with Gasteiger partial charge in [0, 0.05) is 6.44 Å². The van der Waals surface area contributed by atoms with Crippen molar-refractivity contribution in [3.8, 4) is 0 Å². The molecule has 0 atom stereocenters. The van der Waals surface area contributed by atoms with E-state index in [1.54, 1.807) is 0 Å². The van der Waals surface area contributed by atoms with Crippen molar-refractivity contribution in [3.63, 3.8) is 0 Å². The van der Waals surface area contributed by atoms with Gasteiger partial charge >= 0.3 is 58.4 Å². The van der Waals surface area contributed by atoms with Crippen LogP contribution in [0.1, 0.15) is 5.69 Å². The van der Waals surface area contributed by atoms with Gasteiger partial charge in [0.05, 0.1) is 11.9 Å². The van der Waals surface area contributed by atoms with Crippen LogP contribution in [0, 0.1) is 6.92 Å². The molecule has 0 aromatic carbocycles. The van der Waals surface area contributed by atoms with Crippen LogP contribution in [0.2, 0.25) is 0 Å². The molecular formula is C4H6BF3KN3. The van der Waals surface area contributed by atoms with Crippen molar-refractivity contribution in [1.29, 1.82) is 0 Å². The molecule has 0 unspecified atom stereocenters. The minimum Gasteiger partial charge on any atom is -0.448 e. The summed E-state index contributed by atoms with van der Waals surface area (Å²) >= 11 is 0. The van der Waals surface area contributed by atoms with Crippen LogP contribution in [0.15, 0.2) is 6.20 Å². The van der Waals surface area contributed by atoms with Gasteiger partial charge in [0.1, 0.15) is 0 Å². The van der Waals surface area contributed by atoms with E-state index in [0.717, 1.165) is 4.68 Å². The maximum absolute atomic E-state index is 11.8. The molecule has 0 bridgehead atoms. The molecule has 0 saturated carbocycles. The van der Waals surface area contributed by atoms with E-state index >= 15 is 0 Å². The number of rotatable bonds is 2. The van der Waals surface area contributed by atoms with E-state index in [0.29, 0.717) is 5.69 Å². The summed E-state index contributed by atoms with van der Waals surface area (Å²) in [6.07, 6.45) is 0.285. The second-order valence-electron chi connectivity index (χ2n) is 2.27. The normalized spacial score (nSPS) is 11.0. The molecule has 1 aromatic rings. The van der Waals surface area contributed by atoms with Gasteiger partial charge < -0.3 is 12.9 Å². The zero-order chi connectivity index (χ0) is 8.48. The predicted molar refractivity (Wildman–Crippen MR) is 33.8 cm³/mol. The molecule has 1 aromatic heterocycles. The molecule has 0 radical (unpaired) electrons. The van der Waals surface area contributed by atoms with Crippen LogP contribution in [0.25, 0.3) is 0 Å². The van der Waals surface area contributed by atoms with Gasteiger partial charge in [-0.05, 0) is 6.92 Å². The Hall–Kier alpha value is 0.631. The Morgan fingerprint density at radius 2 is 2.08 bits per heavy atom. The maximum atomic E-state index is 11.8. The first kappa shape index (κ1) is 12.6. The van der Waals surface area contributed by atoms with E-state index < -0.39 is 13.4 Å². The third kappa shape index (κ3) is 4.04. The van der Waals surface area contributed by atoms with Crippen molar-refractivity contribution in [2.75, 3.05) is 0 Å². The molecule has 1 rings (SSSR count). The largest absolute Gasteiger partial charge is 1.00 e. The first-order chi connectivity index (χ1) is 4.99. The van der Waals surface area contributed by atoms with Gasteiger partial charge in [-0.25, -0.2) is 0 Å². The molecule has 0 aliphatic rings. The Bertz CT molecular complexity index is 248. The quantitative estimate of drug-likeness (QED) is 0.519. The monoisotopic (exact) mass is 203 g/mol. The maximum Gasteiger partial charge on any atom is 1.00 e. The minimum absolute atomic E-state index is 0. The van der Waals surface area contributed by atoms with Gasteiger partial charge in [-0.15, -0.1) is 5.10 Å². The summed E-state index contributed by atoms with van der Waals surface area (Å²) in [5, 5.41) is 6.59. The third-order valence-corrected chi connectivity index (χ3v) is 1.19. The molecule has 0 aliphatic heterocycles. The van der Waals surface area contributed by atoms with Crippen LogP contribution in [-0.2, 0) is 6.44 Å². The van der Waals surface area contributed by atoms with Crippen molar-refractivity contribution < 1.29 is 64.3 Å². The standard InChI is InChI=1S/C4H6BF3N3.K/c1-4-2-9-10-11(4)3-5(6,7)8;/h2H,3H2,1H3;/q-1;+1. The first-order valence-corrected chi connectivity index (χ1v) is 3.05. The van der Waals surface area contributed by atoms with E-state index in [-0.39, 0.29) is 51.4 Å². The van der Waals surface area contributed by atoms with Gasteiger partial charge in [-0.1, -0.05) is 5.21 Å².